The zero-order valence-corrected chi connectivity index (χ0v) is 15.1. The smallest absolute Gasteiger partial charge is 0.222 e. The van der Waals surface area contributed by atoms with Crippen LogP contribution in [0.4, 0.5) is 0 Å². The summed E-state index contributed by atoms with van der Waals surface area (Å²) in [6.45, 7) is 4.95. The van der Waals surface area contributed by atoms with Crippen LogP contribution in [0.3, 0.4) is 0 Å². The summed E-state index contributed by atoms with van der Waals surface area (Å²) in [6, 6.07) is 9.96. The van der Waals surface area contributed by atoms with Crippen LogP contribution in [0.15, 0.2) is 39.8 Å². The third-order valence-corrected chi connectivity index (χ3v) is 4.30. The third kappa shape index (κ3) is 3.60. The molecule has 0 saturated carbocycles. The van der Waals surface area contributed by atoms with Crippen molar-refractivity contribution in [3.63, 3.8) is 0 Å². The van der Waals surface area contributed by atoms with Crippen LogP contribution < -0.4 is 0 Å². The molecule has 0 unspecified atom stereocenters. The van der Waals surface area contributed by atoms with Crippen LogP contribution in [0.25, 0.3) is 0 Å². The van der Waals surface area contributed by atoms with E-state index in [0.717, 1.165) is 22.6 Å². The highest BCUT2D eigenvalue weighted by molar-refractivity contribution is 5.97. The van der Waals surface area contributed by atoms with E-state index in [4.69, 9.17) is 23.7 Å². The van der Waals surface area contributed by atoms with E-state index in [0.29, 0.717) is 19.1 Å². The summed E-state index contributed by atoms with van der Waals surface area (Å²) in [4.78, 5) is 4.77. The normalized spacial score (nSPS) is 21.0. The summed E-state index contributed by atoms with van der Waals surface area (Å²) in [6.07, 6.45) is -0.184. The monoisotopic (exact) mass is 344 g/mol. The Kier molecular flexibility index (Phi) is 5.50. The molecule has 0 bridgehead atoms. The Bertz CT molecular complexity index is 726. The molecule has 6 nitrogen and oxygen atoms in total. The number of aromatic nitrogens is 1. The van der Waals surface area contributed by atoms with Gasteiger partial charge in [-0.3, -0.25) is 0 Å². The van der Waals surface area contributed by atoms with Gasteiger partial charge in [-0.15, -0.1) is 0 Å². The number of benzene rings is 1. The highest BCUT2D eigenvalue weighted by atomic mass is 16.5. The van der Waals surface area contributed by atoms with Gasteiger partial charge in [0.05, 0.1) is 18.9 Å². The Balaban J connectivity index is 1.93. The van der Waals surface area contributed by atoms with Gasteiger partial charge in [-0.05, 0) is 12.5 Å². The van der Waals surface area contributed by atoms with E-state index < -0.39 is 0 Å². The fourth-order valence-corrected chi connectivity index (χ4v) is 3.11. The van der Waals surface area contributed by atoms with E-state index in [1.165, 1.54) is 0 Å². The number of rotatable bonds is 7. The van der Waals surface area contributed by atoms with Crippen LogP contribution in [0.5, 0.6) is 0 Å². The lowest BCUT2D eigenvalue weighted by atomic mass is 10.0. The molecule has 1 aliphatic rings. The second-order valence-electron chi connectivity index (χ2n) is 6.27. The third-order valence-electron chi connectivity index (χ3n) is 4.30. The van der Waals surface area contributed by atoms with Gasteiger partial charge in [0.25, 0.3) is 0 Å². The Labute approximate surface area is 147 Å². The van der Waals surface area contributed by atoms with Crippen molar-refractivity contribution in [1.82, 2.24) is 5.16 Å². The lowest BCUT2D eigenvalue weighted by Crippen LogP contribution is -2.19. The largest absolute Gasteiger partial charge is 0.467 e. The van der Waals surface area contributed by atoms with E-state index in [-0.39, 0.29) is 18.1 Å². The number of aliphatic imine (C=N–C) groups is 1. The van der Waals surface area contributed by atoms with Crippen molar-refractivity contribution >= 4 is 5.90 Å². The van der Waals surface area contributed by atoms with Gasteiger partial charge in [-0.2, -0.15) is 0 Å². The van der Waals surface area contributed by atoms with Gasteiger partial charge in [-0.1, -0.05) is 42.4 Å². The molecule has 0 fully saturated rings. The predicted molar refractivity (Wildman–Crippen MR) is 94.0 cm³/mol. The minimum absolute atomic E-state index is 0.0594. The molecule has 2 aromatic rings. The number of hydrogen-bond donors (Lipinski definition) is 0. The summed E-state index contributed by atoms with van der Waals surface area (Å²) in [7, 11) is 3.34. The maximum Gasteiger partial charge on any atom is 0.222 e. The molecule has 25 heavy (non-hydrogen) atoms. The first kappa shape index (κ1) is 17.6. The molecular formula is C19H24N2O4. The molecule has 1 aromatic carbocycles. The van der Waals surface area contributed by atoms with Crippen molar-refractivity contribution in [1.29, 1.82) is 0 Å². The highest BCUT2D eigenvalue weighted by Gasteiger charge is 2.36. The molecule has 3 rings (SSSR count). The molecule has 0 N–H and O–H groups in total. The molecule has 134 valence electrons. The van der Waals surface area contributed by atoms with Crippen LogP contribution in [-0.4, -0.2) is 44.5 Å². The first-order valence-corrected chi connectivity index (χ1v) is 8.39. The van der Waals surface area contributed by atoms with Crippen molar-refractivity contribution < 1.29 is 18.7 Å². The van der Waals surface area contributed by atoms with Gasteiger partial charge in [0.1, 0.15) is 11.6 Å². The Hall–Kier alpha value is -2.18. The van der Waals surface area contributed by atoms with Crippen LogP contribution in [0, 0.1) is 6.92 Å². The lowest BCUT2D eigenvalue weighted by Gasteiger charge is -2.17. The zero-order chi connectivity index (χ0) is 17.8. The molecule has 2 heterocycles. The van der Waals surface area contributed by atoms with E-state index >= 15 is 0 Å². The average molecular weight is 344 g/mol. The average Bonchev–Trinajstić information content (AvgIpc) is 3.20. The van der Waals surface area contributed by atoms with Crippen molar-refractivity contribution in [3.05, 3.63) is 52.9 Å². The fourth-order valence-electron chi connectivity index (χ4n) is 3.11. The van der Waals surface area contributed by atoms with Crippen LogP contribution in [0.2, 0.25) is 0 Å². The van der Waals surface area contributed by atoms with Crippen molar-refractivity contribution in [3.8, 4) is 0 Å². The Morgan fingerprint density at radius 3 is 2.60 bits per heavy atom. The van der Waals surface area contributed by atoms with Crippen molar-refractivity contribution in [2.24, 2.45) is 4.99 Å². The molecular weight excluding hydrogens is 320 g/mol. The van der Waals surface area contributed by atoms with Gasteiger partial charge in [0, 0.05) is 20.1 Å². The van der Waals surface area contributed by atoms with E-state index in [9.17, 15) is 0 Å². The lowest BCUT2D eigenvalue weighted by molar-refractivity contribution is 0.120. The number of aryl methyl sites for hydroxylation is 1. The molecule has 0 radical (unpaired) electrons. The SMILES string of the molecule is COC[C@@H]1N=C(c2c(C)noc2[C@@H](C)COC)O[C@H]1c1ccccc1. The van der Waals surface area contributed by atoms with Gasteiger partial charge in [0.15, 0.2) is 11.9 Å². The molecule has 0 aliphatic carbocycles. The maximum atomic E-state index is 6.24. The number of hydrogen-bond acceptors (Lipinski definition) is 6. The predicted octanol–water partition coefficient (Wildman–Crippen LogP) is 3.27. The molecule has 1 aromatic heterocycles. The van der Waals surface area contributed by atoms with Crippen LogP contribution in [-0.2, 0) is 14.2 Å². The molecule has 6 heteroatoms. The Morgan fingerprint density at radius 1 is 1.16 bits per heavy atom. The quantitative estimate of drug-likeness (QED) is 0.771. The van der Waals surface area contributed by atoms with Gasteiger partial charge in [0.2, 0.25) is 5.90 Å². The minimum atomic E-state index is -0.184. The molecule has 0 spiro atoms. The number of methoxy groups -OCH3 is 2. The van der Waals surface area contributed by atoms with Crippen LogP contribution >= 0.6 is 0 Å². The second-order valence-corrected chi connectivity index (χ2v) is 6.27. The molecule has 1 aliphatic heterocycles. The van der Waals surface area contributed by atoms with Crippen LogP contribution in [0.1, 0.15) is 41.5 Å². The molecule has 0 amide bonds. The fraction of sp³-hybridized carbons (Fsp3) is 0.474. The number of nitrogens with zero attached hydrogens (tertiary/aromatic N) is 2. The summed E-state index contributed by atoms with van der Waals surface area (Å²) in [5.41, 5.74) is 2.66. The summed E-state index contributed by atoms with van der Waals surface area (Å²) >= 11 is 0. The van der Waals surface area contributed by atoms with E-state index in [1.54, 1.807) is 14.2 Å². The molecule has 0 saturated heterocycles. The molecule has 3 atom stereocenters. The summed E-state index contributed by atoms with van der Waals surface area (Å²) < 4.78 is 22.4. The van der Waals surface area contributed by atoms with Gasteiger partial charge < -0.3 is 18.7 Å². The summed E-state index contributed by atoms with van der Waals surface area (Å²) in [5.74, 6) is 1.36. The second kappa shape index (κ2) is 7.80. The topological polar surface area (TPSA) is 66.1 Å². The maximum absolute atomic E-state index is 6.24. The first-order chi connectivity index (χ1) is 12.2. The number of ether oxygens (including phenoxy) is 3. The first-order valence-electron chi connectivity index (χ1n) is 8.39. The van der Waals surface area contributed by atoms with Crippen molar-refractivity contribution in [2.45, 2.75) is 31.9 Å². The van der Waals surface area contributed by atoms with Gasteiger partial charge >= 0.3 is 0 Å². The highest BCUT2D eigenvalue weighted by Crippen LogP contribution is 2.34. The Morgan fingerprint density at radius 2 is 1.92 bits per heavy atom. The van der Waals surface area contributed by atoms with Crippen molar-refractivity contribution in [2.75, 3.05) is 27.4 Å². The van der Waals surface area contributed by atoms with E-state index in [1.807, 2.05) is 44.2 Å². The van der Waals surface area contributed by atoms with Gasteiger partial charge in [-0.25, -0.2) is 4.99 Å². The van der Waals surface area contributed by atoms with E-state index in [2.05, 4.69) is 5.16 Å². The summed E-state index contributed by atoms with van der Waals surface area (Å²) in [5, 5.41) is 4.11. The zero-order valence-electron chi connectivity index (χ0n) is 15.1. The minimum Gasteiger partial charge on any atom is -0.467 e. The standard InChI is InChI=1S/C19H24N2O4/c1-12(10-22-3)17-16(13(2)21-25-17)19-20-15(11-23-4)18(24-19)14-8-6-5-7-9-14/h5-9,12,15,18H,10-11H2,1-4H3/t12-,15-,18-/m0/s1.